The number of anilines is 2. The van der Waals surface area contributed by atoms with Crippen LogP contribution in [0.1, 0.15) is 6.42 Å². The molecule has 0 radical (unpaired) electrons. The van der Waals surface area contributed by atoms with Crippen molar-refractivity contribution in [3.63, 3.8) is 0 Å². The van der Waals surface area contributed by atoms with Gasteiger partial charge in [-0.15, -0.1) is 0 Å². The summed E-state index contributed by atoms with van der Waals surface area (Å²) in [5, 5.41) is 0. The van der Waals surface area contributed by atoms with Gasteiger partial charge < -0.3 is 15.4 Å². The zero-order valence-corrected chi connectivity index (χ0v) is 13.0. The van der Waals surface area contributed by atoms with Gasteiger partial charge in [-0.05, 0) is 53.2 Å². The Bertz CT molecular complexity index is 545. The number of benzene rings is 1. The topological polar surface area (TPSA) is 51.4 Å². The maximum atomic E-state index is 5.63. The van der Waals surface area contributed by atoms with Crippen molar-refractivity contribution < 1.29 is 4.74 Å². The largest absolute Gasteiger partial charge is 0.497 e. The first-order valence-corrected chi connectivity index (χ1v) is 7.27. The van der Waals surface area contributed by atoms with E-state index in [1.54, 1.807) is 13.3 Å². The van der Waals surface area contributed by atoms with Gasteiger partial charge in [-0.3, -0.25) is 0 Å². The number of methoxy groups -OCH3 is 1. The third-order valence-corrected chi connectivity index (χ3v) is 3.41. The molecule has 5 heteroatoms. The van der Waals surface area contributed by atoms with E-state index in [1.807, 2.05) is 36.4 Å². The van der Waals surface area contributed by atoms with E-state index < -0.39 is 0 Å². The molecule has 0 spiro atoms. The fraction of sp³-hybridized carbons (Fsp3) is 0.267. The first-order valence-electron chi connectivity index (χ1n) is 6.48. The molecule has 0 aliphatic rings. The second-order valence-corrected chi connectivity index (χ2v) is 5.25. The van der Waals surface area contributed by atoms with Gasteiger partial charge in [0.25, 0.3) is 0 Å². The molecule has 1 aromatic carbocycles. The van der Waals surface area contributed by atoms with Crippen LogP contribution in [0, 0.1) is 0 Å². The first-order chi connectivity index (χ1) is 9.74. The van der Waals surface area contributed by atoms with Crippen LogP contribution in [0.4, 0.5) is 11.5 Å². The van der Waals surface area contributed by atoms with Crippen LogP contribution in [0.25, 0.3) is 0 Å². The van der Waals surface area contributed by atoms with Crippen molar-refractivity contribution in [2.24, 2.45) is 5.73 Å². The Balaban J connectivity index is 2.32. The van der Waals surface area contributed by atoms with E-state index in [9.17, 15) is 0 Å². The number of pyridine rings is 1. The molecule has 0 aliphatic heterocycles. The highest BCUT2D eigenvalue weighted by molar-refractivity contribution is 9.10. The van der Waals surface area contributed by atoms with Gasteiger partial charge in [-0.25, -0.2) is 4.98 Å². The number of halogens is 1. The molecule has 0 aliphatic carbocycles. The van der Waals surface area contributed by atoms with Gasteiger partial charge in [0.05, 0.1) is 7.11 Å². The molecule has 0 saturated carbocycles. The summed E-state index contributed by atoms with van der Waals surface area (Å²) in [5.41, 5.74) is 6.68. The molecule has 2 N–H and O–H groups in total. The highest BCUT2D eigenvalue weighted by Gasteiger charge is 2.11. The van der Waals surface area contributed by atoms with Crippen LogP contribution in [0.5, 0.6) is 5.75 Å². The van der Waals surface area contributed by atoms with Gasteiger partial charge in [0.1, 0.15) is 11.6 Å². The van der Waals surface area contributed by atoms with Crippen LogP contribution >= 0.6 is 15.9 Å². The summed E-state index contributed by atoms with van der Waals surface area (Å²) in [5.74, 6) is 1.73. The van der Waals surface area contributed by atoms with E-state index in [-0.39, 0.29) is 0 Å². The summed E-state index contributed by atoms with van der Waals surface area (Å²) in [6, 6.07) is 11.9. The highest BCUT2D eigenvalue weighted by atomic mass is 79.9. The van der Waals surface area contributed by atoms with Crippen LogP contribution < -0.4 is 15.4 Å². The summed E-state index contributed by atoms with van der Waals surface area (Å²) >= 11 is 3.41. The third kappa shape index (κ3) is 3.71. The molecular formula is C15H18BrN3O. The lowest BCUT2D eigenvalue weighted by atomic mass is 10.2. The molecule has 4 nitrogen and oxygen atoms in total. The quantitative estimate of drug-likeness (QED) is 0.879. The predicted octanol–water partition coefficient (Wildman–Crippen LogP) is 3.34. The minimum Gasteiger partial charge on any atom is -0.497 e. The zero-order chi connectivity index (χ0) is 14.4. The molecule has 2 aromatic rings. The summed E-state index contributed by atoms with van der Waals surface area (Å²) in [6.45, 7) is 1.47. The SMILES string of the molecule is COc1cccc(N(CCCN)c2ccc(Br)cn2)c1. The number of hydrogen-bond acceptors (Lipinski definition) is 4. The van der Waals surface area contributed by atoms with Gasteiger partial charge in [-0.1, -0.05) is 6.07 Å². The Morgan fingerprint density at radius 1 is 1.30 bits per heavy atom. The average molecular weight is 336 g/mol. The van der Waals surface area contributed by atoms with E-state index in [0.29, 0.717) is 6.54 Å². The lowest BCUT2D eigenvalue weighted by Gasteiger charge is -2.24. The van der Waals surface area contributed by atoms with Gasteiger partial charge >= 0.3 is 0 Å². The van der Waals surface area contributed by atoms with Gasteiger partial charge in [0.15, 0.2) is 0 Å². The van der Waals surface area contributed by atoms with Crippen molar-refractivity contribution in [2.45, 2.75) is 6.42 Å². The second-order valence-electron chi connectivity index (χ2n) is 4.33. The molecule has 0 fully saturated rings. The van der Waals surface area contributed by atoms with Crippen LogP contribution in [0.3, 0.4) is 0 Å². The Kier molecular flexibility index (Phi) is 5.38. The average Bonchev–Trinajstić information content (AvgIpc) is 2.49. The number of rotatable bonds is 6. The van der Waals surface area contributed by atoms with E-state index in [2.05, 4.69) is 25.8 Å². The monoisotopic (exact) mass is 335 g/mol. The minimum absolute atomic E-state index is 0.650. The fourth-order valence-electron chi connectivity index (χ4n) is 1.93. The number of ether oxygens (including phenoxy) is 1. The summed E-state index contributed by atoms with van der Waals surface area (Å²) in [6.07, 6.45) is 2.69. The Morgan fingerprint density at radius 2 is 2.15 bits per heavy atom. The van der Waals surface area contributed by atoms with Crippen molar-refractivity contribution in [2.75, 3.05) is 25.1 Å². The predicted molar refractivity (Wildman–Crippen MR) is 85.6 cm³/mol. The molecule has 1 aromatic heterocycles. The third-order valence-electron chi connectivity index (χ3n) is 2.94. The summed E-state index contributed by atoms with van der Waals surface area (Å²) in [4.78, 5) is 6.60. The number of nitrogens with zero attached hydrogens (tertiary/aromatic N) is 2. The van der Waals surface area contributed by atoms with Crippen LogP contribution in [0.2, 0.25) is 0 Å². The van der Waals surface area contributed by atoms with Crippen molar-refractivity contribution in [3.8, 4) is 5.75 Å². The minimum atomic E-state index is 0.650. The maximum Gasteiger partial charge on any atom is 0.132 e. The van der Waals surface area contributed by atoms with E-state index in [0.717, 1.165) is 34.7 Å². The maximum absolute atomic E-state index is 5.63. The van der Waals surface area contributed by atoms with E-state index in [1.165, 1.54) is 0 Å². The van der Waals surface area contributed by atoms with Gasteiger partial charge in [0.2, 0.25) is 0 Å². The van der Waals surface area contributed by atoms with Gasteiger partial charge in [-0.2, -0.15) is 0 Å². The lowest BCUT2D eigenvalue weighted by Crippen LogP contribution is -2.21. The normalized spacial score (nSPS) is 10.3. The molecule has 106 valence electrons. The molecule has 0 saturated heterocycles. The van der Waals surface area contributed by atoms with Crippen LogP contribution in [-0.2, 0) is 0 Å². The summed E-state index contributed by atoms with van der Waals surface area (Å²) < 4.78 is 6.25. The number of aromatic nitrogens is 1. The molecule has 0 bridgehead atoms. The van der Waals surface area contributed by atoms with E-state index >= 15 is 0 Å². The molecule has 0 unspecified atom stereocenters. The summed E-state index contributed by atoms with van der Waals surface area (Å²) in [7, 11) is 1.67. The van der Waals surface area contributed by atoms with Crippen LogP contribution in [-0.4, -0.2) is 25.2 Å². The lowest BCUT2D eigenvalue weighted by molar-refractivity contribution is 0.415. The Hall–Kier alpha value is -1.59. The Morgan fingerprint density at radius 3 is 2.80 bits per heavy atom. The number of hydrogen-bond donors (Lipinski definition) is 1. The smallest absolute Gasteiger partial charge is 0.132 e. The zero-order valence-electron chi connectivity index (χ0n) is 11.4. The van der Waals surface area contributed by atoms with E-state index in [4.69, 9.17) is 10.5 Å². The van der Waals surface area contributed by atoms with Crippen molar-refractivity contribution in [1.29, 1.82) is 0 Å². The van der Waals surface area contributed by atoms with Crippen LogP contribution in [0.15, 0.2) is 47.1 Å². The van der Waals surface area contributed by atoms with Crippen molar-refractivity contribution in [3.05, 3.63) is 47.1 Å². The number of nitrogens with two attached hydrogens (primary N) is 1. The molecule has 20 heavy (non-hydrogen) atoms. The van der Waals surface area contributed by atoms with Crippen molar-refractivity contribution in [1.82, 2.24) is 4.98 Å². The second kappa shape index (κ2) is 7.26. The molecule has 2 rings (SSSR count). The molecule has 0 atom stereocenters. The Labute approximate surface area is 127 Å². The van der Waals surface area contributed by atoms with Crippen molar-refractivity contribution >= 4 is 27.4 Å². The van der Waals surface area contributed by atoms with Gasteiger partial charge in [0, 0.05) is 29.0 Å². The first kappa shape index (κ1) is 14.8. The molecule has 0 amide bonds. The fourth-order valence-corrected chi connectivity index (χ4v) is 2.17. The molecule has 1 heterocycles. The molecular weight excluding hydrogens is 318 g/mol. The standard InChI is InChI=1S/C15H18BrN3O/c1-20-14-5-2-4-13(10-14)19(9-3-8-17)15-7-6-12(16)11-18-15/h2,4-7,10-11H,3,8-9,17H2,1H3. The highest BCUT2D eigenvalue weighted by Crippen LogP contribution is 2.27.